The summed E-state index contributed by atoms with van der Waals surface area (Å²) in [5.74, 6) is 0. The lowest BCUT2D eigenvalue weighted by molar-refractivity contribution is -0.929. The van der Waals surface area contributed by atoms with Crippen LogP contribution in [0.25, 0.3) is 0 Å². The molecule has 3 N–H and O–H groups in total. The first kappa shape index (κ1) is 30.6. The van der Waals surface area contributed by atoms with Gasteiger partial charge in [0.25, 0.3) is 0 Å². The minimum atomic E-state index is 0.228. The number of aliphatic hydroxyl groups is 3. The molecule has 0 aromatic carbocycles. The van der Waals surface area contributed by atoms with Crippen molar-refractivity contribution in [2.45, 2.75) is 116 Å². The SMILES string of the molecule is CCCCCCCC/C=C\CCCCCCCC[N+](CCCO)(CCCO)CCCO. The predicted molar refractivity (Wildman–Crippen MR) is 134 cm³/mol. The molecule has 0 aromatic heterocycles. The van der Waals surface area contributed by atoms with Gasteiger partial charge in [0.15, 0.2) is 0 Å². The Morgan fingerprint density at radius 2 is 0.806 bits per heavy atom. The van der Waals surface area contributed by atoms with Crippen molar-refractivity contribution in [3.8, 4) is 0 Å². The first-order valence-electron chi connectivity index (χ1n) is 13.6. The van der Waals surface area contributed by atoms with E-state index in [9.17, 15) is 15.3 Å². The lowest BCUT2D eigenvalue weighted by atomic mass is 10.1. The molecule has 0 aliphatic rings. The summed E-state index contributed by atoms with van der Waals surface area (Å²) in [6.45, 7) is 6.95. The van der Waals surface area contributed by atoms with Gasteiger partial charge in [-0.3, -0.25) is 0 Å². The van der Waals surface area contributed by atoms with Gasteiger partial charge in [-0.05, 0) is 38.5 Å². The Labute approximate surface area is 194 Å². The van der Waals surface area contributed by atoms with E-state index in [0.29, 0.717) is 0 Å². The number of unbranched alkanes of at least 4 members (excludes halogenated alkanes) is 12. The number of quaternary nitrogens is 1. The van der Waals surface area contributed by atoms with Gasteiger partial charge in [-0.25, -0.2) is 0 Å². The van der Waals surface area contributed by atoms with Crippen molar-refractivity contribution in [3.63, 3.8) is 0 Å². The summed E-state index contributed by atoms with van der Waals surface area (Å²) < 4.78 is 0.949. The van der Waals surface area contributed by atoms with E-state index in [-0.39, 0.29) is 19.8 Å². The van der Waals surface area contributed by atoms with Gasteiger partial charge in [0.05, 0.1) is 26.2 Å². The normalized spacial score (nSPS) is 12.3. The van der Waals surface area contributed by atoms with Crippen LogP contribution in [0, 0.1) is 0 Å². The van der Waals surface area contributed by atoms with Gasteiger partial charge in [-0.15, -0.1) is 0 Å². The highest BCUT2D eigenvalue weighted by Crippen LogP contribution is 2.16. The van der Waals surface area contributed by atoms with E-state index in [0.717, 1.165) is 49.9 Å². The summed E-state index contributed by atoms with van der Waals surface area (Å²) in [5.41, 5.74) is 0. The zero-order valence-corrected chi connectivity index (χ0v) is 20.9. The van der Waals surface area contributed by atoms with Crippen LogP contribution < -0.4 is 0 Å². The molecule has 0 fully saturated rings. The molecule has 0 bridgehead atoms. The minimum Gasteiger partial charge on any atom is -0.396 e. The van der Waals surface area contributed by atoms with Crippen LogP contribution in [0.2, 0.25) is 0 Å². The van der Waals surface area contributed by atoms with Crippen LogP contribution in [0.3, 0.4) is 0 Å². The smallest absolute Gasteiger partial charge is 0.0808 e. The van der Waals surface area contributed by atoms with Crippen LogP contribution in [0.15, 0.2) is 12.2 Å². The van der Waals surface area contributed by atoms with Gasteiger partial charge < -0.3 is 19.8 Å². The van der Waals surface area contributed by atoms with Gasteiger partial charge >= 0.3 is 0 Å². The third kappa shape index (κ3) is 20.0. The first-order valence-corrected chi connectivity index (χ1v) is 13.6. The maximum Gasteiger partial charge on any atom is 0.0808 e. The maximum atomic E-state index is 9.28. The summed E-state index contributed by atoms with van der Waals surface area (Å²) in [4.78, 5) is 0. The van der Waals surface area contributed by atoms with E-state index in [1.165, 1.54) is 89.9 Å². The second-order valence-electron chi connectivity index (χ2n) is 9.41. The quantitative estimate of drug-likeness (QED) is 0.0924. The molecule has 4 heteroatoms. The molecule has 0 amide bonds. The molecule has 186 valence electrons. The summed E-state index contributed by atoms with van der Waals surface area (Å²) in [6, 6.07) is 0. The fourth-order valence-corrected chi connectivity index (χ4v) is 4.58. The molecule has 0 unspecified atom stereocenters. The van der Waals surface area contributed by atoms with E-state index in [1.807, 2.05) is 0 Å². The molecular weight excluding hydrogens is 386 g/mol. The Balaban J connectivity index is 3.80. The van der Waals surface area contributed by atoms with E-state index in [1.54, 1.807) is 0 Å². The van der Waals surface area contributed by atoms with Crippen LogP contribution in [-0.2, 0) is 0 Å². The average Bonchev–Trinajstić information content (AvgIpc) is 2.79. The molecule has 0 spiro atoms. The molecule has 0 rings (SSSR count). The van der Waals surface area contributed by atoms with Crippen molar-refractivity contribution >= 4 is 0 Å². The molecule has 0 aromatic rings. The monoisotopic (exact) mass is 442 g/mol. The maximum absolute atomic E-state index is 9.28. The third-order valence-corrected chi connectivity index (χ3v) is 6.52. The highest BCUT2D eigenvalue weighted by atomic mass is 16.3. The van der Waals surface area contributed by atoms with Crippen molar-refractivity contribution in [2.24, 2.45) is 0 Å². The minimum absolute atomic E-state index is 0.228. The fraction of sp³-hybridized carbons (Fsp3) is 0.926. The Kier molecular flexibility index (Phi) is 23.9. The summed E-state index contributed by atoms with van der Waals surface area (Å²) in [7, 11) is 0. The topological polar surface area (TPSA) is 60.7 Å². The Bertz CT molecular complexity index is 352. The van der Waals surface area contributed by atoms with Gasteiger partial charge in [-0.2, -0.15) is 0 Å². The van der Waals surface area contributed by atoms with Crippen LogP contribution in [0.1, 0.15) is 116 Å². The third-order valence-electron chi connectivity index (χ3n) is 6.52. The van der Waals surface area contributed by atoms with Crippen molar-refractivity contribution < 1.29 is 19.8 Å². The lowest BCUT2D eigenvalue weighted by Gasteiger charge is -2.39. The molecule has 0 aliphatic heterocycles. The highest BCUT2D eigenvalue weighted by molar-refractivity contribution is 4.81. The molecule has 0 atom stereocenters. The predicted octanol–water partition coefficient (Wildman–Crippen LogP) is 5.99. The summed E-state index contributed by atoms with van der Waals surface area (Å²) in [5, 5.41) is 27.8. The number of aliphatic hydroxyl groups excluding tert-OH is 3. The van der Waals surface area contributed by atoms with Crippen LogP contribution >= 0.6 is 0 Å². The summed E-state index contributed by atoms with van der Waals surface area (Å²) >= 11 is 0. The van der Waals surface area contributed by atoms with E-state index >= 15 is 0 Å². The van der Waals surface area contributed by atoms with Crippen LogP contribution in [-0.4, -0.2) is 65.8 Å². The largest absolute Gasteiger partial charge is 0.396 e. The Morgan fingerprint density at radius 3 is 1.23 bits per heavy atom. The zero-order chi connectivity index (χ0) is 22.9. The summed E-state index contributed by atoms with van der Waals surface area (Å²) in [6.07, 6.45) is 25.8. The van der Waals surface area contributed by atoms with Crippen LogP contribution in [0.5, 0.6) is 0 Å². The number of hydrogen-bond acceptors (Lipinski definition) is 3. The molecule has 0 aliphatic carbocycles. The second-order valence-corrected chi connectivity index (χ2v) is 9.41. The molecule has 4 nitrogen and oxygen atoms in total. The zero-order valence-electron chi connectivity index (χ0n) is 20.9. The lowest BCUT2D eigenvalue weighted by Crippen LogP contribution is -2.51. The Hall–Kier alpha value is -0.420. The number of rotatable bonds is 25. The van der Waals surface area contributed by atoms with E-state index in [4.69, 9.17) is 0 Å². The molecule has 0 saturated heterocycles. The number of nitrogens with zero attached hydrogens (tertiary/aromatic N) is 1. The van der Waals surface area contributed by atoms with Gasteiger partial charge in [0.2, 0.25) is 0 Å². The average molecular weight is 443 g/mol. The van der Waals surface area contributed by atoms with Crippen molar-refractivity contribution in [2.75, 3.05) is 46.0 Å². The van der Waals surface area contributed by atoms with E-state index < -0.39 is 0 Å². The van der Waals surface area contributed by atoms with Gasteiger partial charge in [-0.1, -0.05) is 70.4 Å². The van der Waals surface area contributed by atoms with Crippen LogP contribution in [0.4, 0.5) is 0 Å². The standard InChI is InChI=1S/C27H56NO3/c1-2-3-4-5-6-7-8-9-10-11-12-13-14-15-16-17-21-28(22-18-25-29,23-19-26-30)24-20-27-31/h9-10,29-31H,2-8,11-27H2,1H3/q+1/b10-9-. The molecular formula is C27H56NO3+. The van der Waals surface area contributed by atoms with Gasteiger partial charge in [0, 0.05) is 39.1 Å². The fourth-order valence-electron chi connectivity index (χ4n) is 4.58. The highest BCUT2D eigenvalue weighted by Gasteiger charge is 2.25. The van der Waals surface area contributed by atoms with Crippen molar-refractivity contribution in [1.29, 1.82) is 0 Å². The van der Waals surface area contributed by atoms with E-state index in [2.05, 4.69) is 19.1 Å². The molecule has 0 saturated carbocycles. The molecule has 0 radical (unpaired) electrons. The Morgan fingerprint density at radius 1 is 0.452 bits per heavy atom. The van der Waals surface area contributed by atoms with Crippen molar-refractivity contribution in [1.82, 2.24) is 0 Å². The first-order chi connectivity index (χ1) is 15.2. The number of allylic oxidation sites excluding steroid dienone is 2. The number of hydrogen-bond donors (Lipinski definition) is 3. The molecule has 31 heavy (non-hydrogen) atoms. The molecule has 0 heterocycles. The second kappa shape index (κ2) is 24.2. The van der Waals surface area contributed by atoms with Gasteiger partial charge in [0.1, 0.15) is 0 Å². The van der Waals surface area contributed by atoms with Crippen molar-refractivity contribution in [3.05, 3.63) is 12.2 Å².